The second-order valence-corrected chi connectivity index (χ2v) is 9.00. The minimum absolute atomic E-state index is 0.198. The molecule has 0 saturated heterocycles. The third-order valence-corrected chi connectivity index (χ3v) is 7.23. The number of carbonyl (C=O) groups excluding carboxylic acids is 2. The summed E-state index contributed by atoms with van der Waals surface area (Å²) in [5, 5.41) is 13.1. The number of fused-ring (bicyclic) bond motifs is 2. The molecular formula is C27H28N2O4. The van der Waals surface area contributed by atoms with Crippen molar-refractivity contribution in [3.8, 4) is 0 Å². The smallest absolute Gasteiger partial charge is 0.310 e. The van der Waals surface area contributed by atoms with Crippen molar-refractivity contribution in [3.05, 3.63) is 77.9 Å². The lowest BCUT2D eigenvalue weighted by molar-refractivity contribution is -0.186. The van der Waals surface area contributed by atoms with Crippen LogP contribution in [0.4, 0.5) is 5.69 Å². The molecule has 6 heteroatoms. The third kappa shape index (κ3) is 3.37. The Morgan fingerprint density at radius 1 is 1.06 bits per heavy atom. The van der Waals surface area contributed by atoms with Crippen molar-refractivity contribution in [2.24, 2.45) is 11.7 Å². The highest BCUT2D eigenvalue weighted by atomic mass is 16.6. The number of rotatable bonds is 6. The fourth-order valence-corrected chi connectivity index (χ4v) is 5.42. The van der Waals surface area contributed by atoms with Crippen molar-refractivity contribution in [3.63, 3.8) is 0 Å². The van der Waals surface area contributed by atoms with Gasteiger partial charge in [0.05, 0.1) is 5.92 Å². The van der Waals surface area contributed by atoms with Gasteiger partial charge in [-0.05, 0) is 36.8 Å². The molecule has 1 fully saturated rings. The molecule has 2 atom stereocenters. The van der Waals surface area contributed by atoms with E-state index in [2.05, 4.69) is 42.2 Å². The Labute approximate surface area is 193 Å². The number of aliphatic hydroxyl groups excluding tert-OH is 1. The summed E-state index contributed by atoms with van der Waals surface area (Å²) < 4.78 is 5.76. The van der Waals surface area contributed by atoms with Gasteiger partial charge in [0.1, 0.15) is 6.10 Å². The maximum absolute atomic E-state index is 13.1. The van der Waals surface area contributed by atoms with Crippen LogP contribution in [0.1, 0.15) is 30.9 Å². The summed E-state index contributed by atoms with van der Waals surface area (Å²) in [6.45, 7) is 2.93. The molecular weight excluding hydrogens is 416 g/mol. The van der Waals surface area contributed by atoms with E-state index in [4.69, 9.17) is 10.5 Å². The largest absolute Gasteiger partial charge is 0.441 e. The molecule has 2 aliphatic rings. The fraction of sp³-hybridized carbons (Fsp3) is 0.333. The molecule has 3 N–H and O–H groups in total. The number of hydrogen-bond acceptors (Lipinski definition) is 5. The molecule has 2 unspecified atom stereocenters. The molecule has 33 heavy (non-hydrogen) atoms. The summed E-state index contributed by atoms with van der Waals surface area (Å²) in [6.07, 6.45) is 0.296. The number of nitrogens with zero attached hydrogens (tertiary/aromatic N) is 1. The molecule has 3 aromatic carbocycles. The molecule has 170 valence electrons. The van der Waals surface area contributed by atoms with Gasteiger partial charge in [0, 0.05) is 35.6 Å². The quantitative estimate of drug-likeness (QED) is 0.569. The SMILES string of the molecule is CCN(c1cccc2ccccc12)C1CC(C(=O)OC2(C(N)=O)c3ccccc3CC2O)C1. The number of aliphatic hydroxyl groups is 1. The number of carbonyl (C=O) groups is 2. The first-order valence-corrected chi connectivity index (χ1v) is 11.5. The Hall–Kier alpha value is -3.38. The number of hydrogen-bond donors (Lipinski definition) is 2. The molecule has 0 spiro atoms. The van der Waals surface area contributed by atoms with E-state index in [1.54, 1.807) is 12.1 Å². The van der Waals surface area contributed by atoms with Gasteiger partial charge >= 0.3 is 5.97 Å². The van der Waals surface area contributed by atoms with E-state index < -0.39 is 23.6 Å². The van der Waals surface area contributed by atoms with Crippen LogP contribution in [0.25, 0.3) is 10.8 Å². The van der Waals surface area contributed by atoms with Gasteiger partial charge < -0.3 is 20.5 Å². The van der Waals surface area contributed by atoms with Crippen LogP contribution < -0.4 is 10.6 Å². The Kier molecular flexibility index (Phi) is 5.33. The lowest BCUT2D eigenvalue weighted by atomic mass is 9.78. The van der Waals surface area contributed by atoms with Gasteiger partial charge in [0.15, 0.2) is 0 Å². The van der Waals surface area contributed by atoms with Gasteiger partial charge in [-0.1, -0.05) is 60.7 Å². The second-order valence-electron chi connectivity index (χ2n) is 9.00. The number of ether oxygens (including phenoxy) is 1. The van der Waals surface area contributed by atoms with E-state index in [1.165, 1.54) is 10.8 Å². The zero-order valence-corrected chi connectivity index (χ0v) is 18.6. The maximum Gasteiger partial charge on any atom is 0.310 e. The molecule has 0 bridgehead atoms. The number of esters is 1. The maximum atomic E-state index is 13.1. The third-order valence-electron chi connectivity index (χ3n) is 7.23. The van der Waals surface area contributed by atoms with Gasteiger partial charge in [-0.15, -0.1) is 0 Å². The molecule has 3 aromatic rings. The van der Waals surface area contributed by atoms with E-state index >= 15 is 0 Å². The van der Waals surface area contributed by atoms with E-state index in [-0.39, 0.29) is 18.4 Å². The lowest BCUT2D eigenvalue weighted by Gasteiger charge is -2.44. The van der Waals surface area contributed by atoms with Crippen molar-refractivity contribution in [1.82, 2.24) is 0 Å². The van der Waals surface area contributed by atoms with Crippen molar-refractivity contribution >= 4 is 28.3 Å². The number of nitrogens with two attached hydrogens (primary N) is 1. The molecule has 0 aromatic heterocycles. The zero-order chi connectivity index (χ0) is 23.2. The van der Waals surface area contributed by atoms with Gasteiger partial charge in [-0.2, -0.15) is 0 Å². The molecule has 0 radical (unpaired) electrons. The molecule has 1 saturated carbocycles. The van der Waals surface area contributed by atoms with Crippen molar-refractivity contribution < 1.29 is 19.4 Å². The second kappa shape index (κ2) is 8.19. The van der Waals surface area contributed by atoms with Crippen LogP contribution in [0, 0.1) is 5.92 Å². The first kappa shape index (κ1) is 21.5. The summed E-state index contributed by atoms with van der Waals surface area (Å²) in [4.78, 5) is 27.9. The topological polar surface area (TPSA) is 92.9 Å². The summed E-state index contributed by atoms with van der Waals surface area (Å²) in [5.41, 5.74) is 6.28. The number of amides is 1. The van der Waals surface area contributed by atoms with E-state index in [9.17, 15) is 14.7 Å². The Balaban J connectivity index is 1.34. The number of anilines is 1. The van der Waals surface area contributed by atoms with Gasteiger partial charge in [-0.3, -0.25) is 9.59 Å². The van der Waals surface area contributed by atoms with Gasteiger partial charge in [-0.25, -0.2) is 0 Å². The van der Waals surface area contributed by atoms with Crippen LogP contribution in [0.3, 0.4) is 0 Å². The molecule has 6 nitrogen and oxygen atoms in total. The highest BCUT2D eigenvalue weighted by molar-refractivity contribution is 5.94. The van der Waals surface area contributed by atoms with Crippen LogP contribution in [-0.2, 0) is 26.3 Å². The summed E-state index contributed by atoms with van der Waals surface area (Å²) in [6, 6.07) is 21.9. The van der Waals surface area contributed by atoms with Crippen LogP contribution in [0.15, 0.2) is 66.7 Å². The van der Waals surface area contributed by atoms with Crippen molar-refractivity contribution in [2.75, 3.05) is 11.4 Å². The normalized spacial score (nSPS) is 25.8. The predicted octanol–water partition coefficient (Wildman–Crippen LogP) is 3.29. The van der Waals surface area contributed by atoms with Crippen LogP contribution >= 0.6 is 0 Å². The number of primary amides is 1. The minimum Gasteiger partial charge on any atom is -0.441 e. The fourth-order valence-electron chi connectivity index (χ4n) is 5.42. The molecule has 5 rings (SSSR count). The highest BCUT2D eigenvalue weighted by Crippen LogP contribution is 2.43. The Bertz CT molecular complexity index is 1210. The number of benzene rings is 3. The lowest BCUT2D eigenvalue weighted by Crippen LogP contribution is -2.54. The molecule has 2 aliphatic carbocycles. The van der Waals surface area contributed by atoms with E-state index in [0.29, 0.717) is 18.4 Å². The minimum atomic E-state index is -1.82. The Morgan fingerprint density at radius 3 is 2.52 bits per heavy atom. The zero-order valence-electron chi connectivity index (χ0n) is 18.6. The molecule has 1 amide bonds. The molecule has 0 aliphatic heterocycles. The summed E-state index contributed by atoms with van der Waals surface area (Å²) in [7, 11) is 0. The first-order chi connectivity index (χ1) is 16.0. The van der Waals surface area contributed by atoms with Crippen molar-refractivity contribution in [2.45, 2.75) is 43.9 Å². The first-order valence-electron chi connectivity index (χ1n) is 11.5. The van der Waals surface area contributed by atoms with Gasteiger partial charge in [0.25, 0.3) is 5.91 Å². The van der Waals surface area contributed by atoms with Crippen LogP contribution in [0.2, 0.25) is 0 Å². The van der Waals surface area contributed by atoms with Crippen molar-refractivity contribution in [1.29, 1.82) is 0 Å². The molecule has 0 heterocycles. The van der Waals surface area contributed by atoms with Crippen LogP contribution in [-0.4, -0.2) is 35.7 Å². The van der Waals surface area contributed by atoms with E-state index in [0.717, 1.165) is 17.8 Å². The highest BCUT2D eigenvalue weighted by Gasteiger charge is 2.56. The van der Waals surface area contributed by atoms with E-state index in [1.807, 2.05) is 24.3 Å². The van der Waals surface area contributed by atoms with Crippen LogP contribution in [0.5, 0.6) is 0 Å². The van der Waals surface area contributed by atoms with Gasteiger partial charge in [0.2, 0.25) is 5.60 Å². The summed E-state index contributed by atoms with van der Waals surface area (Å²) in [5.74, 6) is -1.65. The standard InChI is InChI=1S/C27H28N2O4/c1-2-29(23-13-7-10-17-8-3-5-11-21(17)23)20-14-19(15-20)25(31)33-27(26(28)32)22-12-6-4-9-18(22)16-24(27)30/h3-13,19-20,24,30H,2,14-16H2,1H3,(H2,28,32). The monoisotopic (exact) mass is 444 g/mol. The summed E-state index contributed by atoms with van der Waals surface area (Å²) >= 11 is 0. The Morgan fingerprint density at radius 2 is 1.76 bits per heavy atom. The average molecular weight is 445 g/mol. The predicted molar refractivity (Wildman–Crippen MR) is 127 cm³/mol. The average Bonchev–Trinajstić information content (AvgIpc) is 3.07.